The van der Waals surface area contributed by atoms with E-state index in [1.165, 1.54) is 44.1 Å². The average Bonchev–Trinajstić information content (AvgIpc) is 2.64. The molecule has 2 aromatic rings. The number of para-hydroxylation sites is 1. The summed E-state index contributed by atoms with van der Waals surface area (Å²) in [5, 5.41) is 4.75. The van der Waals surface area contributed by atoms with Gasteiger partial charge < -0.3 is 10.1 Å². The average molecular weight is 382 g/mol. The molecule has 3 heteroatoms. The standard InChI is InChI=1S/C24H28ClNO/c25-22-6-3-4-17(11-22)16-27-23-7-2-1-5-21(23)15-26-24-12-18-8-19(13-24)10-20(9-18)14-24/h1-7,11,18-20,26H,8-10,12-16H2. The van der Waals surface area contributed by atoms with Crippen molar-refractivity contribution in [2.45, 2.75) is 57.2 Å². The molecule has 4 aliphatic carbocycles. The minimum atomic E-state index is 0.384. The van der Waals surface area contributed by atoms with Gasteiger partial charge in [0, 0.05) is 22.7 Å². The van der Waals surface area contributed by atoms with Crippen LogP contribution in [0.1, 0.15) is 49.7 Å². The second-order valence-corrected chi connectivity index (χ2v) is 9.51. The first kappa shape index (κ1) is 17.6. The van der Waals surface area contributed by atoms with E-state index >= 15 is 0 Å². The minimum absolute atomic E-state index is 0.384. The maximum absolute atomic E-state index is 6.15. The lowest BCUT2D eigenvalue weighted by molar-refractivity contribution is -0.0206. The van der Waals surface area contributed by atoms with Crippen LogP contribution in [0.5, 0.6) is 5.75 Å². The van der Waals surface area contributed by atoms with Gasteiger partial charge in [0.05, 0.1) is 0 Å². The first-order valence-electron chi connectivity index (χ1n) is 10.4. The predicted molar refractivity (Wildman–Crippen MR) is 110 cm³/mol. The second-order valence-electron chi connectivity index (χ2n) is 9.08. The fraction of sp³-hybridized carbons (Fsp3) is 0.500. The molecule has 6 rings (SSSR count). The molecule has 142 valence electrons. The number of ether oxygens (including phenoxy) is 1. The lowest BCUT2D eigenvalue weighted by Crippen LogP contribution is -2.58. The van der Waals surface area contributed by atoms with Crippen LogP contribution in [0.25, 0.3) is 0 Å². The number of rotatable bonds is 6. The molecule has 4 bridgehead atoms. The lowest BCUT2D eigenvalue weighted by atomic mass is 9.53. The molecule has 0 heterocycles. The van der Waals surface area contributed by atoms with Gasteiger partial charge in [-0.15, -0.1) is 0 Å². The van der Waals surface area contributed by atoms with E-state index < -0.39 is 0 Å². The molecule has 2 nitrogen and oxygen atoms in total. The zero-order valence-electron chi connectivity index (χ0n) is 15.8. The van der Waals surface area contributed by atoms with Crippen LogP contribution >= 0.6 is 11.6 Å². The van der Waals surface area contributed by atoms with E-state index in [9.17, 15) is 0 Å². The van der Waals surface area contributed by atoms with Crippen LogP contribution in [-0.2, 0) is 13.2 Å². The summed E-state index contributed by atoms with van der Waals surface area (Å²) in [5.74, 6) is 3.89. The highest BCUT2D eigenvalue weighted by Gasteiger charge is 2.50. The highest BCUT2D eigenvalue weighted by Crippen LogP contribution is 2.55. The summed E-state index contributed by atoms with van der Waals surface area (Å²) in [5.41, 5.74) is 2.75. The summed E-state index contributed by atoms with van der Waals surface area (Å²) in [4.78, 5) is 0. The zero-order chi connectivity index (χ0) is 18.3. The third-order valence-corrected chi connectivity index (χ3v) is 7.18. The Bertz CT molecular complexity index is 782. The van der Waals surface area contributed by atoms with Crippen molar-refractivity contribution in [3.05, 3.63) is 64.7 Å². The van der Waals surface area contributed by atoms with Crippen molar-refractivity contribution in [1.82, 2.24) is 5.32 Å². The maximum atomic E-state index is 6.15. The van der Waals surface area contributed by atoms with Crippen molar-refractivity contribution in [3.8, 4) is 5.75 Å². The Morgan fingerprint density at radius 3 is 2.33 bits per heavy atom. The Morgan fingerprint density at radius 2 is 1.63 bits per heavy atom. The normalized spacial score (nSPS) is 31.2. The number of benzene rings is 2. The number of hydrogen-bond acceptors (Lipinski definition) is 2. The van der Waals surface area contributed by atoms with Crippen LogP contribution in [0.15, 0.2) is 48.5 Å². The molecule has 0 aliphatic heterocycles. The molecular weight excluding hydrogens is 354 g/mol. The van der Waals surface area contributed by atoms with Crippen LogP contribution in [0.3, 0.4) is 0 Å². The molecule has 0 atom stereocenters. The Labute approximate surface area is 167 Å². The highest BCUT2D eigenvalue weighted by atomic mass is 35.5. The smallest absolute Gasteiger partial charge is 0.124 e. The molecule has 0 radical (unpaired) electrons. The van der Waals surface area contributed by atoms with Crippen molar-refractivity contribution in [2.75, 3.05) is 0 Å². The van der Waals surface area contributed by atoms with Gasteiger partial charge in [-0.25, -0.2) is 0 Å². The van der Waals surface area contributed by atoms with E-state index in [0.717, 1.165) is 40.6 Å². The lowest BCUT2D eigenvalue weighted by Gasteiger charge is -2.57. The molecule has 2 aromatic carbocycles. The molecule has 0 amide bonds. The van der Waals surface area contributed by atoms with Gasteiger partial charge in [0.25, 0.3) is 0 Å². The molecular formula is C24H28ClNO. The van der Waals surface area contributed by atoms with Crippen molar-refractivity contribution in [1.29, 1.82) is 0 Å². The van der Waals surface area contributed by atoms with Gasteiger partial charge in [-0.3, -0.25) is 0 Å². The molecule has 0 unspecified atom stereocenters. The molecule has 4 aliphatic rings. The van der Waals surface area contributed by atoms with E-state index in [1.807, 2.05) is 18.2 Å². The second kappa shape index (κ2) is 7.14. The van der Waals surface area contributed by atoms with Crippen LogP contribution in [0.4, 0.5) is 0 Å². The highest BCUT2D eigenvalue weighted by molar-refractivity contribution is 6.30. The summed E-state index contributed by atoms with van der Waals surface area (Å²) in [7, 11) is 0. The SMILES string of the molecule is Clc1cccc(COc2ccccc2CNC23CC4CC(CC(C4)C2)C3)c1. The van der Waals surface area contributed by atoms with Crippen LogP contribution in [0, 0.1) is 17.8 Å². The van der Waals surface area contributed by atoms with Crippen LogP contribution in [0.2, 0.25) is 5.02 Å². The van der Waals surface area contributed by atoms with Crippen molar-refractivity contribution in [2.24, 2.45) is 17.8 Å². The number of halogens is 1. The molecule has 4 fully saturated rings. The van der Waals surface area contributed by atoms with Gasteiger partial charge >= 0.3 is 0 Å². The summed E-state index contributed by atoms with van der Waals surface area (Å²) in [6.45, 7) is 1.45. The number of hydrogen-bond donors (Lipinski definition) is 1. The zero-order valence-corrected chi connectivity index (χ0v) is 16.5. The Balaban J connectivity index is 1.26. The van der Waals surface area contributed by atoms with Crippen molar-refractivity contribution in [3.63, 3.8) is 0 Å². The molecule has 0 saturated heterocycles. The predicted octanol–water partition coefficient (Wildman–Crippen LogP) is 5.98. The first-order valence-corrected chi connectivity index (χ1v) is 10.8. The van der Waals surface area contributed by atoms with E-state index in [0.29, 0.717) is 12.1 Å². The van der Waals surface area contributed by atoms with E-state index in [-0.39, 0.29) is 0 Å². The molecule has 27 heavy (non-hydrogen) atoms. The van der Waals surface area contributed by atoms with Gasteiger partial charge in [-0.1, -0.05) is 41.9 Å². The van der Waals surface area contributed by atoms with Crippen molar-refractivity contribution < 1.29 is 4.74 Å². The Kier molecular flexibility index (Phi) is 4.65. The van der Waals surface area contributed by atoms with Gasteiger partial charge in [-0.2, -0.15) is 0 Å². The Morgan fingerprint density at radius 1 is 0.926 bits per heavy atom. The largest absolute Gasteiger partial charge is 0.489 e. The summed E-state index contributed by atoms with van der Waals surface area (Å²) in [6.07, 6.45) is 8.60. The fourth-order valence-corrected chi connectivity index (χ4v) is 6.40. The summed E-state index contributed by atoms with van der Waals surface area (Å²) >= 11 is 6.09. The van der Waals surface area contributed by atoms with Gasteiger partial charge in [0.1, 0.15) is 12.4 Å². The molecule has 1 N–H and O–H groups in total. The molecule has 4 saturated carbocycles. The third-order valence-electron chi connectivity index (χ3n) is 6.95. The fourth-order valence-electron chi connectivity index (χ4n) is 6.19. The van der Waals surface area contributed by atoms with E-state index in [2.05, 4.69) is 35.6 Å². The topological polar surface area (TPSA) is 21.3 Å². The van der Waals surface area contributed by atoms with Gasteiger partial charge in [0.2, 0.25) is 0 Å². The monoisotopic (exact) mass is 381 g/mol. The summed E-state index contributed by atoms with van der Waals surface area (Å²) < 4.78 is 6.15. The quantitative estimate of drug-likeness (QED) is 0.664. The van der Waals surface area contributed by atoms with E-state index in [1.54, 1.807) is 0 Å². The van der Waals surface area contributed by atoms with Gasteiger partial charge in [0.15, 0.2) is 0 Å². The maximum Gasteiger partial charge on any atom is 0.124 e. The third kappa shape index (κ3) is 3.75. The molecule has 0 spiro atoms. The molecule has 0 aromatic heterocycles. The first-order chi connectivity index (χ1) is 13.2. The Hall–Kier alpha value is -1.51. The minimum Gasteiger partial charge on any atom is -0.489 e. The van der Waals surface area contributed by atoms with E-state index in [4.69, 9.17) is 16.3 Å². The van der Waals surface area contributed by atoms with Crippen molar-refractivity contribution >= 4 is 11.6 Å². The van der Waals surface area contributed by atoms with Crippen LogP contribution < -0.4 is 10.1 Å². The number of nitrogens with one attached hydrogen (secondary N) is 1. The van der Waals surface area contributed by atoms with Crippen LogP contribution in [-0.4, -0.2) is 5.54 Å². The van der Waals surface area contributed by atoms with Gasteiger partial charge in [-0.05, 0) is 80.0 Å². The summed E-state index contributed by atoms with van der Waals surface area (Å²) in [6, 6.07) is 16.3.